The Balaban J connectivity index is 1.51. The molecule has 3 aromatic carbocycles. The minimum atomic E-state index is -1.15. The van der Waals surface area contributed by atoms with Crippen LogP contribution in [0, 0.1) is 0 Å². The van der Waals surface area contributed by atoms with Crippen molar-refractivity contribution >= 4 is 23.3 Å². The Hall–Kier alpha value is -3.93. The van der Waals surface area contributed by atoms with Gasteiger partial charge in [-0.25, -0.2) is 4.79 Å². The highest BCUT2D eigenvalue weighted by Gasteiger charge is 2.31. The molecule has 2 aliphatic rings. The number of carbonyl (C=O) groups excluding carboxylic acids is 2. The molecule has 0 unspecified atom stereocenters. The molecular weight excluding hydrogens is 394 g/mol. The number of hydrogen-bond acceptors (Lipinski definition) is 4. The highest BCUT2D eigenvalue weighted by Crippen LogP contribution is 2.44. The number of rotatable bonds is 4. The molecule has 0 radical (unpaired) electrons. The summed E-state index contributed by atoms with van der Waals surface area (Å²) in [7, 11) is 0. The minimum absolute atomic E-state index is 0.0122. The maximum absolute atomic E-state index is 13.1. The topological polar surface area (TPSA) is 104 Å². The molecule has 3 aromatic rings. The van der Waals surface area contributed by atoms with Gasteiger partial charge in [0.05, 0.1) is 11.1 Å². The summed E-state index contributed by atoms with van der Waals surface area (Å²) in [5.74, 6) is -2.03. The average molecular weight is 413 g/mol. The first-order chi connectivity index (χ1) is 15.0. The number of ketones is 1. The molecule has 1 amide bonds. The van der Waals surface area contributed by atoms with Crippen molar-refractivity contribution < 1.29 is 24.6 Å². The Morgan fingerprint density at radius 1 is 0.903 bits per heavy atom. The number of benzene rings is 3. The molecular formula is C25H19NO5. The van der Waals surface area contributed by atoms with Gasteiger partial charge in [0, 0.05) is 28.4 Å². The number of aromatic hydroxyl groups is 1. The predicted octanol–water partition coefficient (Wildman–Crippen LogP) is 4.82. The largest absolute Gasteiger partial charge is 0.508 e. The second-order valence-corrected chi connectivity index (χ2v) is 7.95. The first-order valence-electron chi connectivity index (χ1n) is 10.1. The van der Waals surface area contributed by atoms with Crippen LogP contribution in [0.15, 0.2) is 54.6 Å². The molecule has 0 spiro atoms. The van der Waals surface area contributed by atoms with Gasteiger partial charge < -0.3 is 15.5 Å². The zero-order valence-corrected chi connectivity index (χ0v) is 16.5. The molecule has 31 heavy (non-hydrogen) atoms. The Kier molecular flexibility index (Phi) is 4.36. The highest BCUT2D eigenvalue weighted by molar-refractivity contribution is 6.26. The van der Waals surface area contributed by atoms with Gasteiger partial charge in [-0.1, -0.05) is 42.8 Å². The van der Waals surface area contributed by atoms with Crippen molar-refractivity contribution in [3.05, 3.63) is 82.4 Å². The number of amides is 1. The number of anilines is 1. The molecule has 0 aromatic heterocycles. The molecule has 1 saturated carbocycles. The van der Waals surface area contributed by atoms with Crippen molar-refractivity contribution in [2.45, 2.75) is 25.2 Å². The van der Waals surface area contributed by atoms with Crippen LogP contribution in [0.4, 0.5) is 5.69 Å². The third-order valence-electron chi connectivity index (χ3n) is 6.16. The van der Waals surface area contributed by atoms with Crippen molar-refractivity contribution in [3.8, 4) is 16.9 Å². The number of phenols is 1. The Labute approximate surface area is 178 Å². The summed E-state index contributed by atoms with van der Waals surface area (Å²) in [6.45, 7) is 0. The summed E-state index contributed by atoms with van der Waals surface area (Å²) in [5.41, 5.74) is 3.14. The second kappa shape index (κ2) is 7.09. The number of fused-ring (bicyclic) bond motifs is 3. The molecule has 1 fully saturated rings. The van der Waals surface area contributed by atoms with Gasteiger partial charge in [-0.15, -0.1) is 0 Å². The van der Waals surface area contributed by atoms with E-state index in [9.17, 15) is 24.6 Å². The van der Waals surface area contributed by atoms with E-state index >= 15 is 0 Å². The normalized spacial score (nSPS) is 14.5. The van der Waals surface area contributed by atoms with Gasteiger partial charge in [0.2, 0.25) is 0 Å². The van der Waals surface area contributed by atoms with Gasteiger partial charge in [0.25, 0.3) is 5.91 Å². The van der Waals surface area contributed by atoms with Gasteiger partial charge in [-0.2, -0.15) is 0 Å². The lowest BCUT2D eigenvalue weighted by atomic mass is 9.77. The second-order valence-electron chi connectivity index (χ2n) is 7.95. The molecule has 0 aliphatic heterocycles. The van der Waals surface area contributed by atoms with Crippen LogP contribution in [-0.4, -0.2) is 27.9 Å². The SMILES string of the molecule is O=C(Nc1cc(O)c(C2CCC2)c(C(=O)O)c1)c1cccc2c1C(=O)c1ccccc1-2. The zero-order chi connectivity index (χ0) is 21.7. The lowest BCUT2D eigenvalue weighted by Crippen LogP contribution is -2.18. The molecule has 3 N–H and O–H groups in total. The third kappa shape index (κ3) is 2.99. The number of carboxylic acid groups (broad SMARTS) is 1. The third-order valence-corrected chi connectivity index (χ3v) is 6.16. The fourth-order valence-corrected chi connectivity index (χ4v) is 4.47. The molecule has 6 nitrogen and oxygen atoms in total. The standard InChI is InChI=1S/C25H19NO5/c27-20-12-14(11-19(25(30)31)21(20)13-5-3-6-13)26-24(29)18-10-4-9-16-15-7-1-2-8-17(15)23(28)22(16)18/h1-2,4,7-13,27H,3,5-6H2,(H,26,29)(H,30,31). The number of phenolic OH excluding ortho intramolecular Hbond substituents is 1. The molecule has 0 heterocycles. The fourth-order valence-electron chi connectivity index (χ4n) is 4.47. The molecule has 5 rings (SSSR count). The van der Waals surface area contributed by atoms with Gasteiger partial charge in [0.15, 0.2) is 5.78 Å². The summed E-state index contributed by atoms with van der Waals surface area (Å²) in [6.07, 6.45) is 2.66. The van der Waals surface area contributed by atoms with Gasteiger partial charge >= 0.3 is 5.97 Å². The number of carboxylic acids is 1. The van der Waals surface area contributed by atoms with Crippen LogP contribution >= 0.6 is 0 Å². The van der Waals surface area contributed by atoms with Crippen molar-refractivity contribution in [2.75, 3.05) is 5.32 Å². The molecule has 0 bridgehead atoms. The Bertz CT molecular complexity index is 1270. The van der Waals surface area contributed by atoms with Crippen molar-refractivity contribution in [1.82, 2.24) is 0 Å². The van der Waals surface area contributed by atoms with Crippen LogP contribution in [0.1, 0.15) is 67.4 Å². The Morgan fingerprint density at radius 2 is 1.61 bits per heavy atom. The van der Waals surface area contributed by atoms with E-state index in [1.807, 2.05) is 12.1 Å². The first-order valence-corrected chi connectivity index (χ1v) is 10.1. The summed E-state index contributed by atoms with van der Waals surface area (Å²) >= 11 is 0. The van der Waals surface area contributed by atoms with Crippen LogP contribution in [0.25, 0.3) is 11.1 Å². The van der Waals surface area contributed by atoms with E-state index in [0.29, 0.717) is 22.3 Å². The molecule has 0 saturated heterocycles. The molecule has 154 valence electrons. The average Bonchev–Trinajstić information content (AvgIpc) is 3.01. The van der Waals surface area contributed by atoms with E-state index < -0.39 is 11.9 Å². The monoisotopic (exact) mass is 413 g/mol. The number of nitrogens with one attached hydrogen (secondary N) is 1. The number of carbonyl (C=O) groups is 3. The van der Waals surface area contributed by atoms with Gasteiger partial charge in [-0.3, -0.25) is 9.59 Å². The van der Waals surface area contributed by atoms with Gasteiger partial charge in [-0.05, 0) is 42.0 Å². The molecule has 6 heteroatoms. The Morgan fingerprint density at radius 3 is 2.29 bits per heavy atom. The van der Waals surface area contributed by atoms with E-state index in [2.05, 4.69) is 5.32 Å². The highest BCUT2D eigenvalue weighted by atomic mass is 16.4. The molecule has 0 atom stereocenters. The van der Waals surface area contributed by atoms with E-state index in [-0.39, 0.29) is 34.3 Å². The summed E-state index contributed by atoms with van der Waals surface area (Å²) < 4.78 is 0. The van der Waals surface area contributed by atoms with Crippen LogP contribution in [0.3, 0.4) is 0 Å². The van der Waals surface area contributed by atoms with Crippen LogP contribution in [-0.2, 0) is 0 Å². The summed E-state index contributed by atoms with van der Waals surface area (Å²) in [4.78, 5) is 37.8. The summed E-state index contributed by atoms with van der Waals surface area (Å²) in [6, 6.07) is 15.0. The predicted molar refractivity (Wildman–Crippen MR) is 115 cm³/mol. The molecule has 2 aliphatic carbocycles. The van der Waals surface area contributed by atoms with Crippen LogP contribution in [0.2, 0.25) is 0 Å². The van der Waals surface area contributed by atoms with E-state index in [0.717, 1.165) is 24.8 Å². The maximum atomic E-state index is 13.1. The smallest absolute Gasteiger partial charge is 0.336 e. The van der Waals surface area contributed by atoms with E-state index in [1.54, 1.807) is 30.3 Å². The van der Waals surface area contributed by atoms with E-state index in [1.165, 1.54) is 12.1 Å². The van der Waals surface area contributed by atoms with Gasteiger partial charge in [0.1, 0.15) is 5.75 Å². The van der Waals surface area contributed by atoms with Crippen molar-refractivity contribution in [2.24, 2.45) is 0 Å². The lowest BCUT2D eigenvalue weighted by molar-refractivity contribution is 0.0693. The van der Waals surface area contributed by atoms with Crippen LogP contribution in [0.5, 0.6) is 5.75 Å². The lowest BCUT2D eigenvalue weighted by Gasteiger charge is -2.28. The first kappa shape index (κ1) is 19.1. The number of aromatic carboxylic acids is 1. The quantitative estimate of drug-likeness (QED) is 0.445. The number of hydrogen-bond donors (Lipinski definition) is 3. The van der Waals surface area contributed by atoms with Crippen molar-refractivity contribution in [3.63, 3.8) is 0 Å². The van der Waals surface area contributed by atoms with E-state index in [4.69, 9.17) is 0 Å². The fraction of sp³-hybridized carbons (Fsp3) is 0.160. The van der Waals surface area contributed by atoms with Crippen LogP contribution < -0.4 is 5.32 Å². The minimum Gasteiger partial charge on any atom is -0.508 e. The zero-order valence-electron chi connectivity index (χ0n) is 16.5. The maximum Gasteiger partial charge on any atom is 0.336 e. The summed E-state index contributed by atoms with van der Waals surface area (Å²) in [5, 5.41) is 22.8. The van der Waals surface area contributed by atoms with Crippen molar-refractivity contribution in [1.29, 1.82) is 0 Å².